The molecule has 1 aromatic carbocycles. The molecule has 0 aliphatic heterocycles. The van der Waals surface area contributed by atoms with Crippen molar-refractivity contribution in [1.82, 2.24) is 19.7 Å². The maximum absolute atomic E-state index is 13.3. The van der Waals surface area contributed by atoms with E-state index in [0.717, 1.165) is 35.4 Å². The summed E-state index contributed by atoms with van der Waals surface area (Å²) in [6, 6.07) is 5.69. The Morgan fingerprint density at radius 1 is 1.25 bits per heavy atom. The highest BCUT2D eigenvalue weighted by Gasteiger charge is 2.25. The summed E-state index contributed by atoms with van der Waals surface area (Å²) < 4.78 is 2.64. The molecule has 0 bridgehead atoms. The summed E-state index contributed by atoms with van der Waals surface area (Å²) in [4.78, 5) is 22.0. The second-order valence-corrected chi connectivity index (χ2v) is 7.82. The van der Waals surface area contributed by atoms with Gasteiger partial charge < -0.3 is 4.90 Å². The molecule has 0 N–H and O–H groups in total. The molecule has 1 amide bonds. The molecule has 0 fully saturated rings. The largest absolute Gasteiger partial charge is 0.302 e. The lowest BCUT2D eigenvalue weighted by Crippen LogP contribution is -2.39. The molecule has 0 aliphatic rings. The number of nitrogens with zero attached hydrogens (tertiary/aromatic N) is 5. The summed E-state index contributed by atoms with van der Waals surface area (Å²) in [5, 5.41) is 5.61. The predicted molar refractivity (Wildman–Crippen MR) is 119 cm³/mol. The molecule has 6 nitrogen and oxygen atoms in total. The van der Waals surface area contributed by atoms with Gasteiger partial charge in [0.25, 0.3) is 5.91 Å². The third-order valence-electron chi connectivity index (χ3n) is 4.58. The van der Waals surface area contributed by atoms with Crippen molar-refractivity contribution in [1.29, 1.82) is 0 Å². The van der Waals surface area contributed by atoms with Gasteiger partial charge in [-0.05, 0) is 32.1 Å². The van der Waals surface area contributed by atoms with Crippen LogP contribution in [0.3, 0.4) is 0 Å². The van der Waals surface area contributed by atoms with Crippen LogP contribution in [0.4, 0.5) is 5.13 Å². The number of carbonyl (C=O) groups is 1. The van der Waals surface area contributed by atoms with Crippen molar-refractivity contribution in [3.63, 3.8) is 0 Å². The van der Waals surface area contributed by atoms with Crippen molar-refractivity contribution in [2.24, 2.45) is 7.05 Å². The highest BCUT2D eigenvalue weighted by atomic mass is 35.5. The van der Waals surface area contributed by atoms with E-state index in [1.165, 1.54) is 11.3 Å². The van der Waals surface area contributed by atoms with Gasteiger partial charge in [0.1, 0.15) is 5.52 Å². The van der Waals surface area contributed by atoms with Crippen LogP contribution >= 0.6 is 35.3 Å². The number of fused-ring (bicyclic) bond motifs is 1. The van der Waals surface area contributed by atoms with Crippen LogP contribution in [0.5, 0.6) is 0 Å². The van der Waals surface area contributed by atoms with E-state index in [1.54, 1.807) is 9.58 Å². The van der Waals surface area contributed by atoms with E-state index in [1.807, 2.05) is 38.4 Å². The Balaban J connectivity index is 0.00000280. The average Bonchev–Trinajstić information content (AvgIpc) is 3.22. The molecule has 28 heavy (non-hydrogen) atoms. The molecule has 9 heteroatoms. The molecule has 152 valence electrons. The standard InChI is InChI=1S/C19H24ClN5OS.ClH/c1-5-24(6-2)10-11-25(18(26)16-13(3)12-23(4)22-16)19-21-17-14(20)8-7-9-15(17)27-19;/h7-9,12H,5-6,10-11H2,1-4H3;1H. The maximum atomic E-state index is 13.3. The molecule has 3 aromatic rings. The summed E-state index contributed by atoms with van der Waals surface area (Å²) in [7, 11) is 1.82. The minimum Gasteiger partial charge on any atom is -0.302 e. The topological polar surface area (TPSA) is 54.3 Å². The fraction of sp³-hybridized carbons (Fsp3) is 0.421. The molecular formula is C19H25Cl2N5OS. The monoisotopic (exact) mass is 441 g/mol. The van der Waals surface area contributed by atoms with Crippen LogP contribution in [-0.2, 0) is 7.05 Å². The molecule has 0 radical (unpaired) electrons. The Morgan fingerprint density at radius 2 is 1.96 bits per heavy atom. The second kappa shape index (κ2) is 9.69. The number of hydrogen-bond acceptors (Lipinski definition) is 5. The van der Waals surface area contributed by atoms with Crippen LogP contribution in [0, 0.1) is 6.92 Å². The highest BCUT2D eigenvalue weighted by Crippen LogP contribution is 2.33. The minimum atomic E-state index is -0.129. The smallest absolute Gasteiger partial charge is 0.280 e. The SMILES string of the molecule is CCN(CC)CCN(C(=O)c1nn(C)cc1C)c1nc2c(Cl)cccc2s1.Cl. The number of thiazole rings is 1. The number of benzene rings is 1. The molecule has 0 aliphatic carbocycles. The normalized spacial score (nSPS) is 11.1. The first-order valence-corrected chi connectivity index (χ1v) is 10.2. The summed E-state index contributed by atoms with van der Waals surface area (Å²) >= 11 is 7.77. The quantitative estimate of drug-likeness (QED) is 0.544. The van der Waals surface area contributed by atoms with Gasteiger partial charge in [-0.2, -0.15) is 5.10 Å². The lowest BCUT2D eigenvalue weighted by molar-refractivity contribution is 0.0977. The molecule has 2 heterocycles. The summed E-state index contributed by atoms with van der Waals surface area (Å²) in [6.07, 6.45) is 1.85. The van der Waals surface area contributed by atoms with Gasteiger partial charge in [0, 0.05) is 31.9 Å². The minimum absolute atomic E-state index is 0. The number of likely N-dealkylation sites (N-methyl/N-ethyl adjacent to an activating group) is 1. The van der Waals surface area contributed by atoms with Crippen LogP contribution in [0.2, 0.25) is 5.02 Å². The van der Waals surface area contributed by atoms with Crippen LogP contribution in [0.15, 0.2) is 24.4 Å². The molecule has 0 unspecified atom stereocenters. The second-order valence-electron chi connectivity index (χ2n) is 6.40. The van der Waals surface area contributed by atoms with E-state index in [-0.39, 0.29) is 18.3 Å². The Hall–Kier alpha value is -1.67. The van der Waals surface area contributed by atoms with Gasteiger partial charge in [-0.3, -0.25) is 14.4 Å². The highest BCUT2D eigenvalue weighted by molar-refractivity contribution is 7.22. The van der Waals surface area contributed by atoms with E-state index >= 15 is 0 Å². The third kappa shape index (κ3) is 4.66. The number of amides is 1. The fourth-order valence-corrected chi connectivity index (χ4v) is 4.32. The fourth-order valence-electron chi connectivity index (χ4n) is 3.03. The first-order chi connectivity index (χ1) is 12.9. The summed E-state index contributed by atoms with van der Waals surface area (Å²) in [5.74, 6) is -0.129. The number of aryl methyl sites for hydroxylation is 2. The zero-order chi connectivity index (χ0) is 19.6. The number of halogens is 2. The first-order valence-electron chi connectivity index (χ1n) is 9.04. The van der Waals surface area contributed by atoms with E-state index < -0.39 is 0 Å². The van der Waals surface area contributed by atoms with Gasteiger partial charge in [0.2, 0.25) is 0 Å². The molecule has 2 aromatic heterocycles. The number of hydrogen-bond donors (Lipinski definition) is 0. The van der Waals surface area contributed by atoms with Crippen molar-refractivity contribution in [2.45, 2.75) is 20.8 Å². The zero-order valence-corrected chi connectivity index (χ0v) is 18.9. The summed E-state index contributed by atoms with van der Waals surface area (Å²) in [5.41, 5.74) is 2.05. The Kier molecular flexibility index (Phi) is 7.83. The number of anilines is 1. The van der Waals surface area contributed by atoms with Crippen LogP contribution < -0.4 is 4.90 Å². The molecule has 0 spiro atoms. The van der Waals surface area contributed by atoms with Crippen LogP contribution in [0.25, 0.3) is 10.2 Å². The van der Waals surface area contributed by atoms with E-state index in [4.69, 9.17) is 11.6 Å². The lowest BCUT2D eigenvalue weighted by Gasteiger charge is -2.24. The molecular weight excluding hydrogens is 417 g/mol. The van der Waals surface area contributed by atoms with Gasteiger partial charge >= 0.3 is 0 Å². The van der Waals surface area contributed by atoms with E-state index in [9.17, 15) is 4.79 Å². The molecule has 0 saturated heterocycles. The van der Waals surface area contributed by atoms with Crippen LogP contribution in [0.1, 0.15) is 29.9 Å². The summed E-state index contributed by atoms with van der Waals surface area (Å²) in [6.45, 7) is 9.34. The van der Waals surface area contributed by atoms with Gasteiger partial charge in [-0.1, -0.05) is 42.9 Å². The van der Waals surface area contributed by atoms with Crippen LogP contribution in [-0.4, -0.2) is 51.8 Å². The number of carbonyl (C=O) groups excluding carboxylic acids is 1. The first kappa shape index (κ1) is 22.6. The van der Waals surface area contributed by atoms with Crippen molar-refractivity contribution < 1.29 is 4.79 Å². The van der Waals surface area contributed by atoms with Gasteiger partial charge in [-0.15, -0.1) is 12.4 Å². The van der Waals surface area contributed by atoms with E-state index in [2.05, 4.69) is 28.8 Å². The van der Waals surface area contributed by atoms with Crippen molar-refractivity contribution in [3.8, 4) is 0 Å². The predicted octanol–water partition coefficient (Wildman–Crippen LogP) is 4.40. The Bertz CT molecular complexity index is 951. The maximum Gasteiger partial charge on any atom is 0.280 e. The van der Waals surface area contributed by atoms with Crippen molar-refractivity contribution >= 4 is 56.6 Å². The Labute approximate surface area is 180 Å². The Morgan fingerprint density at radius 3 is 2.54 bits per heavy atom. The zero-order valence-electron chi connectivity index (χ0n) is 16.5. The number of para-hydroxylation sites is 1. The van der Waals surface area contributed by atoms with Crippen molar-refractivity contribution in [3.05, 3.63) is 40.7 Å². The molecule has 0 atom stereocenters. The van der Waals surface area contributed by atoms with Gasteiger partial charge in [0.15, 0.2) is 10.8 Å². The van der Waals surface area contributed by atoms with Gasteiger partial charge in [0.05, 0.1) is 9.72 Å². The molecule has 3 rings (SSSR count). The lowest BCUT2D eigenvalue weighted by atomic mass is 10.2. The third-order valence-corrected chi connectivity index (χ3v) is 5.93. The van der Waals surface area contributed by atoms with Crippen molar-refractivity contribution in [2.75, 3.05) is 31.1 Å². The average molecular weight is 442 g/mol. The number of aromatic nitrogens is 3. The van der Waals surface area contributed by atoms with E-state index in [0.29, 0.717) is 22.4 Å². The van der Waals surface area contributed by atoms with Gasteiger partial charge in [-0.25, -0.2) is 4.98 Å². The molecule has 0 saturated carbocycles. The number of rotatable bonds is 7.